The van der Waals surface area contributed by atoms with E-state index < -0.39 is 14.8 Å². The molecule has 0 aromatic carbocycles. The van der Waals surface area contributed by atoms with Gasteiger partial charge in [0.15, 0.2) is 4.75 Å². The molecule has 0 saturated heterocycles. The number of hydrogen-bond acceptors (Lipinski definition) is 3. The summed E-state index contributed by atoms with van der Waals surface area (Å²) in [6, 6.07) is 2.10. The molecule has 21 heavy (non-hydrogen) atoms. The summed E-state index contributed by atoms with van der Waals surface area (Å²) in [5, 5.41) is 9.47. The van der Waals surface area contributed by atoms with Crippen molar-refractivity contribution in [2.75, 3.05) is 7.05 Å². The van der Waals surface area contributed by atoms with Crippen molar-refractivity contribution >= 4 is 10.0 Å². The molecule has 0 aromatic heterocycles. The lowest BCUT2D eigenvalue weighted by atomic mass is 9.95. The maximum atomic E-state index is 12.2. The summed E-state index contributed by atoms with van der Waals surface area (Å²) in [5.74, 6) is 0. The van der Waals surface area contributed by atoms with Crippen LogP contribution in [0, 0.1) is 11.3 Å². The highest BCUT2D eigenvalue weighted by atomic mass is 32.2. The third kappa shape index (κ3) is 6.80. The second kappa shape index (κ2) is 11.0. The molecule has 4 nitrogen and oxygen atoms in total. The smallest absolute Gasteiger partial charge is 0.217 e. The predicted molar refractivity (Wildman–Crippen MR) is 88.5 cm³/mol. The van der Waals surface area contributed by atoms with Crippen LogP contribution in [0.5, 0.6) is 0 Å². The summed E-state index contributed by atoms with van der Waals surface area (Å²) in [5.41, 5.74) is 0. The molecule has 1 atom stereocenters. The Morgan fingerprint density at radius 2 is 1.38 bits per heavy atom. The average molecular weight is 317 g/mol. The standard InChI is InChI=1S/C16H32N2O2S/c1-4-6-8-9-10-11-12-14-16(15-17,13-7-5-2)21(19,20)18-3/h18H,4-14H2,1-3H3. The van der Waals surface area contributed by atoms with Crippen LogP contribution in [0.25, 0.3) is 0 Å². The van der Waals surface area contributed by atoms with Crippen LogP contribution in [-0.2, 0) is 10.0 Å². The Morgan fingerprint density at radius 1 is 0.905 bits per heavy atom. The van der Waals surface area contributed by atoms with E-state index in [0.717, 1.165) is 32.1 Å². The normalized spacial score (nSPS) is 14.6. The van der Waals surface area contributed by atoms with Crippen molar-refractivity contribution in [2.45, 2.75) is 89.2 Å². The molecule has 0 aromatic rings. The molecule has 0 bridgehead atoms. The highest BCUT2D eigenvalue weighted by Crippen LogP contribution is 2.29. The molecule has 0 aliphatic rings. The van der Waals surface area contributed by atoms with Crippen LogP contribution < -0.4 is 4.72 Å². The van der Waals surface area contributed by atoms with E-state index in [4.69, 9.17) is 0 Å². The Bertz CT molecular complexity index is 401. The van der Waals surface area contributed by atoms with E-state index in [1.807, 2.05) is 6.92 Å². The first kappa shape index (κ1) is 20.4. The molecule has 0 amide bonds. The lowest BCUT2D eigenvalue weighted by molar-refractivity contribution is 0.472. The number of unbranched alkanes of at least 4 members (excludes halogenated alkanes) is 7. The lowest BCUT2D eigenvalue weighted by Crippen LogP contribution is -2.44. The van der Waals surface area contributed by atoms with E-state index >= 15 is 0 Å². The molecule has 0 aliphatic heterocycles. The molecule has 0 radical (unpaired) electrons. The van der Waals surface area contributed by atoms with E-state index in [2.05, 4.69) is 17.7 Å². The van der Waals surface area contributed by atoms with Gasteiger partial charge in [-0.05, 0) is 19.9 Å². The van der Waals surface area contributed by atoms with Crippen LogP contribution >= 0.6 is 0 Å². The predicted octanol–water partition coefficient (Wildman–Crippen LogP) is 4.13. The minimum atomic E-state index is -3.56. The monoisotopic (exact) mass is 316 g/mol. The fraction of sp³-hybridized carbons (Fsp3) is 0.938. The molecule has 5 heteroatoms. The molecule has 0 fully saturated rings. The van der Waals surface area contributed by atoms with Gasteiger partial charge in [0.1, 0.15) is 0 Å². The Hall–Kier alpha value is -0.600. The second-order valence-electron chi connectivity index (χ2n) is 5.79. The number of nitrogens with zero attached hydrogens (tertiary/aromatic N) is 1. The van der Waals surface area contributed by atoms with Crippen molar-refractivity contribution in [1.82, 2.24) is 4.72 Å². The van der Waals surface area contributed by atoms with Crippen molar-refractivity contribution in [3.05, 3.63) is 0 Å². The van der Waals surface area contributed by atoms with Crippen LogP contribution in [0.15, 0.2) is 0 Å². The molecule has 124 valence electrons. The van der Waals surface area contributed by atoms with Crippen LogP contribution in [0.2, 0.25) is 0 Å². The number of sulfonamides is 1. The molecular formula is C16H32N2O2S. The first-order valence-electron chi connectivity index (χ1n) is 8.34. The van der Waals surface area contributed by atoms with Crippen molar-refractivity contribution in [1.29, 1.82) is 5.26 Å². The van der Waals surface area contributed by atoms with Gasteiger partial charge < -0.3 is 0 Å². The van der Waals surface area contributed by atoms with Crippen LogP contribution in [-0.4, -0.2) is 20.2 Å². The van der Waals surface area contributed by atoms with Gasteiger partial charge in [-0.3, -0.25) is 0 Å². The van der Waals surface area contributed by atoms with Crippen molar-refractivity contribution in [2.24, 2.45) is 0 Å². The molecule has 1 unspecified atom stereocenters. The maximum absolute atomic E-state index is 12.2. The zero-order valence-electron chi connectivity index (χ0n) is 14.0. The number of nitriles is 1. The van der Waals surface area contributed by atoms with E-state index in [1.54, 1.807) is 0 Å². The third-order valence-electron chi connectivity index (χ3n) is 4.11. The quantitative estimate of drug-likeness (QED) is 0.519. The lowest BCUT2D eigenvalue weighted by Gasteiger charge is -2.25. The fourth-order valence-electron chi connectivity index (χ4n) is 2.59. The van der Waals surface area contributed by atoms with Crippen molar-refractivity contribution < 1.29 is 8.42 Å². The van der Waals surface area contributed by atoms with Gasteiger partial charge >= 0.3 is 0 Å². The van der Waals surface area contributed by atoms with E-state index in [-0.39, 0.29) is 0 Å². The van der Waals surface area contributed by atoms with Crippen molar-refractivity contribution in [3.8, 4) is 6.07 Å². The van der Waals surface area contributed by atoms with Gasteiger partial charge in [-0.1, -0.05) is 71.6 Å². The van der Waals surface area contributed by atoms with Gasteiger partial charge in [-0.15, -0.1) is 0 Å². The number of rotatable bonds is 13. The number of nitrogens with one attached hydrogen (secondary N) is 1. The molecular weight excluding hydrogens is 284 g/mol. The Morgan fingerprint density at radius 3 is 1.86 bits per heavy atom. The van der Waals surface area contributed by atoms with Gasteiger partial charge in [-0.2, -0.15) is 5.26 Å². The van der Waals surface area contributed by atoms with Gasteiger partial charge in [0.25, 0.3) is 0 Å². The highest BCUT2D eigenvalue weighted by Gasteiger charge is 2.42. The molecule has 0 saturated carbocycles. The molecule has 0 spiro atoms. The number of hydrogen-bond donors (Lipinski definition) is 1. The molecule has 0 heterocycles. The Kier molecular flexibility index (Phi) is 10.7. The summed E-state index contributed by atoms with van der Waals surface area (Å²) in [6.07, 6.45) is 10.5. The van der Waals surface area contributed by atoms with Crippen LogP contribution in [0.4, 0.5) is 0 Å². The van der Waals surface area contributed by atoms with Gasteiger partial charge in [-0.25, -0.2) is 13.1 Å². The fourth-order valence-corrected chi connectivity index (χ4v) is 3.93. The second-order valence-corrected chi connectivity index (χ2v) is 7.99. The summed E-state index contributed by atoms with van der Waals surface area (Å²) in [6.45, 7) is 4.21. The minimum absolute atomic E-state index is 0.430. The summed E-state index contributed by atoms with van der Waals surface area (Å²) < 4.78 is 25.6. The largest absolute Gasteiger partial charge is 0.230 e. The first-order valence-corrected chi connectivity index (χ1v) is 9.82. The zero-order valence-corrected chi connectivity index (χ0v) is 14.8. The van der Waals surface area contributed by atoms with Crippen molar-refractivity contribution in [3.63, 3.8) is 0 Å². The van der Waals surface area contributed by atoms with E-state index in [0.29, 0.717) is 12.8 Å². The van der Waals surface area contributed by atoms with Gasteiger partial charge in [0.2, 0.25) is 10.0 Å². The topological polar surface area (TPSA) is 70.0 Å². The molecule has 0 rings (SSSR count). The first-order chi connectivity index (χ1) is 9.99. The summed E-state index contributed by atoms with van der Waals surface area (Å²) >= 11 is 0. The summed E-state index contributed by atoms with van der Waals surface area (Å²) in [7, 11) is -2.16. The average Bonchev–Trinajstić information content (AvgIpc) is 2.49. The Balaban J connectivity index is 4.46. The van der Waals surface area contributed by atoms with Gasteiger partial charge in [0.05, 0.1) is 6.07 Å². The third-order valence-corrected chi connectivity index (χ3v) is 6.17. The minimum Gasteiger partial charge on any atom is -0.217 e. The zero-order chi connectivity index (χ0) is 16.2. The Labute approximate surface area is 131 Å². The summed E-state index contributed by atoms with van der Waals surface area (Å²) in [4.78, 5) is 0. The SMILES string of the molecule is CCCCCCCCCC(C#N)(CCCC)S(=O)(=O)NC. The van der Waals surface area contributed by atoms with Crippen LogP contribution in [0.3, 0.4) is 0 Å². The highest BCUT2D eigenvalue weighted by molar-refractivity contribution is 7.91. The van der Waals surface area contributed by atoms with Crippen LogP contribution in [0.1, 0.15) is 84.5 Å². The maximum Gasteiger partial charge on any atom is 0.230 e. The molecule has 1 N–H and O–H groups in total. The molecule has 0 aliphatic carbocycles. The van der Waals surface area contributed by atoms with E-state index in [9.17, 15) is 13.7 Å². The van der Waals surface area contributed by atoms with E-state index in [1.165, 1.54) is 32.7 Å². The van der Waals surface area contributed by atoms with Gasteiger partial charge in [0, 0.05) is 0 Å².